The third kappa shape index (κ3) is 4.15. The van der Waals surface area contributed by atoms with Gasteiger partial charge in [-0.05, 0) is 30.5 Å². The normalized spacial score (nSPS) is 17.5. The summed E-state index contributed by atoms with van der Waals surface area (Å²) in [6.45, 7) is 1.04. The van der Waals surface area contributed by atoms with Crippen molar-refractivity contribution in [2.45, 2.75) is 38.3 Å². The number of aliphatic imine (C=N–C) groups is 1. The molecule has 5 nitrogen and oxygen atoms in total. The number of ether oxygens (including phenoxy) is 2. The number of fused-ring (bicyclic) bond motifs is 1. The topological polar surface area (TPSA) is 54.9 Å². The lowest BCUT2D eigenvalue weighted by atomic mass is 10.2. The van der Waals surface area contributed by atoms with Gasteiger partial charge in [-0.2, -0.15) is 0 Å². The van der Waals surface area contributed by atoms with Crippen LogP contribution in [0, 0.1) is 0 Å². The van der Waals surface area contributed by atoms with Crippen molar-refractivity contribution in [2.75, 3.05) is 13.8 Å². The van der Waals surface area contributed by atoms with Crippen LogP contribution in [0.5, 0.6) is 11.5 Å². The van der Waals surface area contributed by atoms with Gasteiger partial charge in [0, 0.05) is 19.6 Å². The molecule has 1 fully saturated rings. The van der Waals surface area contributed by atoms with E-state index in [1.807, 2.05) is 25.2 Å². The molecule has 6 heteroatoms. The molecule has 116 valence electrons. The lowest BCUT2D eigenvalue weighted by Gasteiger charge is -2.16. The van der Waals surface area contributed by atoms with Crippen molar-refractivity contribution >= 4 is 29.9 Å². The average molecular weight is 403 g/mol. The lowest BCUT2D eigenvalue weighted by Crippen LogP contribution is -2.41. The van der Waals surface area contributed by atoms with E-state index in [1.54, 1.807) is 0 Å². The van der Waals surface area contributed by atoms with Crippen LogP contribution in [0.15, 0.2) is 23.2 Å². The molecule has 3 rings (SSSR count). The summed E-state index contributed by atoms with van der Waals surface area (Å²) in [6, 6.07) is 6.58. The number of guanidine groups is 1. The molecule has 21 heavy (non-hydrogen) atoms. The van der Waals surface area contributed by atoms with Crippen LogP contribution in [0.2, 0.25) is 0 Å². The van der Waals surface area contributed by atoms with Gasteiger partial charge < -0.3 is 20.1 Å². The number of hydrogen-bond donors (Lipinski definition) is 2. The Bertz CT molecular complexity index is 502. The maximum absolute atomic E-state index is 5.38. The Kier molecular flexibility index (Phi) is 5.96. The molecule has 1 aliphatic carbocycles. The summed E-state index contributed by atoms with van der Waals surface area (Å²) in [5.41, 5.74) is 1.16. The average Bonchev–Trinajstić information content (AvgIpc) is 3.13. The van der Waals surface area contributed by atoms with Gasteiger partial charge in [0.1, 0.15) is 0 Å². The van der Waals surface area contributed by atoms with Gasteiger partial charge >= 0.3 is 0 Å². The number of nitrogens with zero attached hydrogens (tertiary/aromatic N) is 1. The molecule has 1 aromatic rings. The molecule has 1 aromatic carbocycles. The first-order valence-corrected chi connectivity index (χ1v) is 7.21. The quantitative estimate of drug-likeness (QED) is 0.463. The number of rotatable bonds is 3. The van der Waals surface area contributed by atoms with Crippen LogP contribution in [-0.2, 0) is 6.54 Å². The summed E-state index contributed by atoms with van der Waals surface area (Å²) in [5.74, 6) is 2.51. The van der Waals surface area contributed by atoms with E-state index >= 15 is 0 Å². The van der Waals surface area contributed by atoms with Crippen LogP contribution < -0.4 is 20.1 Å². The van der Waals surface area contributed by atoms with Crippen molar-refractivity contribution < 1.29 is 9.47 Å². The largest absolute Gasteiger partial charge is 0.454 e. The predicted molar refractivity (Wildman–Crippen MR) is 93.6 cm³/mol. The van der Waals surface area contributed by atoms with Crippen LogP contribution in [0.3, 0.4) is 0 Å². The fourth-order valence-electron chi connectivity index (χ4n) is 2.69. The van der Waals surface area contributed by atoms with Gasteiger partial charge in [-0.3, -0.25) is 4.99 Å². The highest BCUT2D eigenvalue weighted by atomic mass is 127. The molecule has 0 bridgehead atoms. The van der Waals surface area contributed by atoms with Crippen molar-refractivity contribution in [3.05, 3.63) is 23.8 Å². The van der Waals surface area contributed by atoms with Crippen LogP contribution in [0.4, 0.5) is 0 Å². The van der Waals surface area contributed by atoms with Crippen molar-refractivity contribution in [1.82, 2.24) is 10.6 Å². The molecular formula is C15H22IN3O2. The molecular weight excluding hydrogens is 381 g/mol. The van der Waals surface area contributed by atoms with Gasteiger partial charge in [-0.1, -0.05) is 18.9 Å². The van der Waals surface area contributed by atoms with E-state index in [4.69, 9.17) is 9.47 Å². The van der Waals surface area contributed by atoms with Crippen LogP contribution >= 0.6 is 24.0 Å². The fourth-order valence-corrected chi connectivity index (χ4v) is 2.69. The highest BCUT2D eigenvalue weighted by Crippen LogP contribution is 2.32. The first kappa shape index (κ1) is 16.2. The Balaban J connectivity index is 0.00000161. The second-order valence-electron chi connectivity index (χ2n) is 5.24. The maximum Gasteiger partial charge on any atom is 0.231 e. The van der Waals surface area contributed by atoms with E-state index in [0.717, 1.165) is 29.6 Å². The van der Waals surface area contributed by atoms with Gasteiger partial charge in [0.05, 0.1) is 0 Å². The van der Waals surface area contributed by atoms with E-state index in [1.165, 1.54) is 25.7 Å². The highest BCUT2D eigenvalue weighted by molar-refractivity contribution is 14.0. The van der Waals surface area contributed by atoms with Crippen molar-refractivity contribution in [3.63, 3.8) is 0 Å². The molecule has 1 heterocycles. The minimum Gasteiger partial charge on any atom is -0.454 e. The lowest BCUT2D eigenvalue weighted by molar-refractivity contribution is 0.174. The first-order valence-electron chi connectivity index (χ1n) is 7.21. The second kappa shape index (κ2) is 7.72. The van der Waals surface area contributed by atoms with Crippen LogP contribution in [-0.4, -0.2) is 25.8 Å². The zero-order valence-electron chi connectivity index (χ0n) is 12.2. The first-order chi connectivity index (χ1) is 9.85. The SMILES string of the molecule is CN=C(NCc1ccc2c(c1)OCO2)NC1CCCC1.I. The molecule has 0 saturated heterocycles. The highest BCUT2D eigenvalue weighted by Gasteiger charge is 2.16. The smallest absolute Gasteiger partial charge is 0.231 e. The standard InChI is InChI=1S/C15H21N3O2.HI/c1-16-15(18-12-4-2-3-5-12)17-9-11-6-7-13-14(8-11)20-10-19-13;/h6-8,12H,2-5,9-10H2,1H3,(H2,16,17,18);1H. The van der Waals surface area contributed by atoms with E-state index in [-0.39, 0.29) is 24.0 Å². The maximum atomic E-state index is 5.38. The van der Waals surface area contributed by atoms with Crippen molar-refractivity contribution in [2.24, 2.45) is 4.99 Å². The zero-order chi connectivity index (χ0) is 13.8. The van der Waals surface area contributed by atoms with Gasteiger partial charge in [0.15, 0.2) is 17.5 Å². The van der Waals surface area contributed by atoms with Crippen LogP contribution in [0.1, 0.15) is 31.2 Å². The summed E-state index contributed by atoms with van der Waals surface area (Å²) in [7, 11) is 1.81. The minimum absolute atomic E-state index is 0. The fraction of sp³-hybridized carbons (Fsp3) is 0.533. The third-order valence-electron chi connectivity index (χ3n) is 3.82. The van der Waals surface area contributed by atoms with E-state index in [0.29, 0.717) is 12.8 Å². The zero-order valence-corrected chi connectivity index (χ0v) is 14.6. The van der Waals surface area contributed by atoms with Crippen molar-refractivity contribution in [3.8, 4) is 11.5 Å². The van der Waals surface area contributed by atoms with Gasteiger partial charge in [-0.25, -0.2) is 0 Å². The summed E-state index contributed by atoms with van der Waals surface area (Å²) < 4.78 is 10.7. The third-order valence-corrected chi connectivity index (χ3v) is 3.82. The summed E-state index contributed by atoms with van der Waals surface area (Å²) in [5, 5.41) is 6.82. The van der Waals surface area contributed by atoms with Crippen molar-refractivity contribution in [1.29, 1.82) is 0 Å². The van der Waals surface area contributed by atoms with Gasteiger partial charge in [0.2, 0.25) is 6.79 Å². The molecule has 0 aromatic heterocycles. The number of benzene rings is 1. The predicted octanol–water partition coefficient (Wildman–Crippen LogP) is 2.64. The van der Waals surface area contributed by atoms with E-state index in [9.17, 15) is 0 Å². The number of nitrogens with one attached hydrogen (secondary N) is 2. The van der Waals surface area contributed by atoms with E-state index in [2.05, 4.69) is 15.6 Å². The summed E-state index contributed by atoms with van der Waals surface area (Å²) in [4.78, 5) is 4.28. The molecule has 0 atom stereocenters. The van der Waals surface area contributed by atoms with Crippen LogP contribution in [0.25, 0.3) is 0 Å². The molecule has 0 radical (unpaired) electrons. The number of hydrogen-bond acceptors (Lipinski definition) is 3. The Hall–Kier alpha value is -1.18. The monoisotopic (exact) mass is 403 g/mol. The number of halogens is 1. The van der Waals surface area contributed by atoms with Gasteiger partial charge in [0.25, 0.3) is 0 Å². The second-order valence-corrected chi connectivity index (χ2v) is 5.24. The minimum atomic E-state index is 0. The molecule has 0 unspecified atom stereocenters. The molecule has 0 amide bonds. The Labute approximate surface area is 142 Å². The molecule has 0 spiro atoms. The Morgan fingerprint density at radius 1 is 1.24 bits per heavy atom. The molecule has 1 aliphatic heterocycles. The Morgan fingerprint density at radius 2 is 2.00 bits per heavy atom. The van der Waals surface area contributed by atoms with E-state index < -0.39 is 0 Å². The Morgan fingerprint density at radius 3 is 2.76 bits per heavy atom. The molecule has 2 N–H and O–H groups in total. The molecule has 1 saturated carbocycles. The molecule has 2 aliphatic rings. The summed E-state index contributed by atoms with van der Waals surface area (Å²) in [6.07, 6.45) is 5.11. The van der Waals surface area contributed by atoms with Gasteiger partial charge in [-0.15, -0.1) is 24.0 Å². The summed E-state index contributed by atoms with van der Waals surface area (Å²) >= 11 is 0.